The summed E-state index contributed by atoms with van der Waals surface area (Å²) in [5.74, 6) is -1.30. The number of nitrogens with zero attached hydrogens (tertiary/aromatic N) is 1. The van der Waals surface area contributed by atoms with Crippen LogP contribution in [0.15, 0.2) is 18.2 Å². The van der Waals surface area contributed by atoms with Crippen molar-refractivity contribution in [3.8, 4) is 11.5 Å². The van der Waals surface area contributed by atoms with Crippen molar-refractivity contribution in [2.45, 2.75) is 13.0 Å². The fourth-order valence-electron chi connectivity index (χ4n) is 2.30. The third kappa shape index (κ3) is 3.26. The van der Waals surface area contributed by atoms with E-state index in [-0.39, 0.29) is 30.4 Å². The number of halogens is 2. The lowest BCUT2D eigenvalue weighted by Gasteiger charge is -2.18. The van der Waals surface area contributed by atoms with E-state index in [0.29, 0.717) is 5.69 Å². The van der Waals surface area contributed by atoms with Gasteiger partial charge in [-0.25, -0.2) is 0 Å². The predicted molar refractivity (Wildman–Crippen MR) is 72.1 cm³/mol. The van der Waals surface area contributed by atoms with Crippen molar-refractivity contribution in [1.82, 2.24) is 0 Å². The zero-order valence-electron chi connectivity index (χ0n) is 12.0. The van der Waals surface area contributed by atoms with E-state index in [1.54, 1.807) is 0 Å². The number of benzene rings is 1. The van der Waals surface area contributed by atoms with Crippen LogP contribution >= 0.6 is 0 Å². The lowest BCUT2D eigenvalue weighted by Crippen LogP contribution is -2.26. The summed E-state index contributed by atoms with van der Waals surface area (Å²) in [5, 5.41) is 0. The molecule has 0 aliphatic carbocycles. The maximum Gasteiger partial charge on any atom is 0.387 e. The Balaban J connectivity index is 2.22. The molecular weight excluding hydrogens is 300 g/mol. The molecule has 1 unspecified atom stereocenters. The highest BCUT2D eigenvalue weighted by molar-refractivity contribution is 5.99. The molecule has 0 bridgehead atoms. The summed E-state index contributed by atoms with van der Waals surface area (Å²) < 4.78 is 38.5. The third-order valence-corrected chi connectivity index (χ3v) is 3.33. The molecule has 1 fully saturated rings. The van der Waals surface area contributed by atoms with E-state index < -0.39 is 18.5 Å². The first kappa shape index (κ1) is 16.0. The van der Waals surface area contributed by atoms with Crippen molar-refractivity contribution in [2.24, 2.45) is 5.92 Å². The number of rotatable bonds is 5. The topological polar surface area (TPSA) is 65.1 Å². The lowest BCUT2D eigenvalue weighted by molar-refractivity contribution is -0.145. The predicted octanol–water partition coefficient (Wildman–Crippen LogP) is 1.82. The first-order valence-corrected chi connectivity index (χ1v) is 6.47. The van der Waals surface area contributed by atoms with Crippen LogP contribution in [-0.4, -0.2) is 39.3 Å². The number of hydrogen-bond acceptors (Lipinski definition) is 5. The van der Waals surface area contributed by atoms with Crippen LogP contribution in [0, 0.1) is 5.92 Å². The second-order valence-corrected chi connectivity index (χ2v) is 4.64. The van der Waals surface area contributed by atoms with Crippen LogP contribution in [0.2, 0.25) is 0 Å². The molecule has 1 aromatic rings. The average Bonchev–Trinajstić information content (AvgIpc) is 2.88. The summed E-state index contributed by atoms with van der Waals surface area (Å²) in [6, 6.07) is 4.16. The molecule has 1 aliphatic heterocycles. The summed E-state index contributed by atoms with van der Waals surface area (Å²) in [5.41, 5.74) is 0.440. The van der Waals surface area contributed by atoms with Crippen molar-refractivity contribution in [2.75, 3.05) is 25.7 Å². The Hall–Kier alpha value is -2.38. The Morgan fingerprint density at radius 1 is 1.32 bits per heavy atom. The van der Waals surface area contributed by atoms with Gasteiger partial charge in [-0.2, -0.15) is 8.78 Å². The van der Waals surface area contributed by atoms with Gasteiger partial charge in [0, 0.05) is 24.7 Å². The second kappa shape index (κ2) is 6.59. The minimum absolute atomic E-state index is 0.0459. The fraction of sp³-hybridized carbons (Fsp3) is 0.429. The summed E-state index contributed by atoms with van der Waals surface area (Å²) >= 11 is 0. The maximum absolute atomic E-state index is 12.3. The van der Waals surface area contributed by atoms with E-state index in [1.807, 2.05) is 0 Å². The van der Waals surface area contributed by atoms with Crippen molar-refractivity contribution < 1.29 is 32.6 Å². The maximum atomic E-state index is 12.3. The van der Waals surface area contributed by atoms with Gasteiger partial charge in [-0.3, -0.25) is 9.59 Å². The number of ether oxygens (including phenoxy) is 3. The van der Waals surface area contributed by atoms with Crippen LogP contribution in [0.25, 0.3) is 0 Å². The number of anilines is 1. The first-order chi connectivity index (χ1) is 10.5. The van der Waals surface area contributed by atoms with E-state index in [2.05, 4.69) is 9.47 Å². The molecule has 1 aliphatic rings. The molecule has 2 rings (SSSR count). The Morgan fingerprint density at radius 3 is 2.64 bits per heavy atom. The molecule has 1 saturated heterocycles. The van der Waals surface area contributed by atoms with Gasteiger partial charge in [0.2, 0.25) is 5.91 Å². The van der Waals surface area contributed by atoms with E-state index in [0.717, 1.165) is 0 Å². The molecule has 1 amide bonds. The monoisotopic (exact) mass is 315 g/mol. The van der Waals surface area contributed by atoms with Crippen LogP contribution in [0.5, 0.6) is 11.5 Å². The van der Waals surface area contributed by atoms with Gasteiger partial charge in [0.1, 0.15) is 0 Å². The molecule has 1 heterocycles. The highest BCUT2D eigenvalue weighted by Gasteiger charge is 2.36. The Bertz CT molecular complexity index is 578. The Morgan fingerprint density at radius 2 is 2.05 bits per heavy atom. The number of carbonyl (C=O) groups is 2. The van der Waals surface area contributed by atoms with Crippen molar-refractivity contribution in [3.05, 3.63) is 18.2 Å². The molecule has 8 heteroatoms. The zero-order valence-corrected chi connectivity index (χ0v) is 12.0. The van der Waals surface area contributed by atoms with Gasteiger partial charge >= 0.3 is 12.6 Å². The van der Waals surface area contributed by atoms with Crippen molar-refractivity contribution in [3.63, 3.8) is 0 Å². The average molecular weight is 315 g/mol. The minimum Gasteiger partial charge on any atom is -0.493 e. The van der Waals surface area contributed by atoms with Crippen LogP contribution in [0.4, 0.5) is 14.5 Å². The van der Waals surface area contributed by atoms with E-state index >= 15 is 0 Å². The number of carbonyl (C=O) groups excluding carboxylic acids is 2. The molecule has 0 spiro atoms. The molecule has 1 atom stereocenters. The summed E-state index contributed by atoms with van der Waals surface area (Å²) in [6.07, 6.45) is 0.0459. The molecule has 120 valence electrons. The Labute approximate surface area is 125 Å². The molecule has 0 N–H and O–H groups in total. The minimum atomic E-state index is -2.98. The van der Waals surface area contributed by atoms with Crippen LogP contribution < -0.4 is 14.4 Å². The zero-order chi connectivity index (χ0) is 16.3. The van der Waals surface area contributed by atoms with Gasteiger partial charge in [0.15, 0.2) is 11.5 Å². The van der Waals surface area contributed by atoms with Gasteiger partial charge in [-0.05, 0) is 12.1 Å². The van der Waals surface area contributed by atoms with Gasteiger partial charge in [-0.15, -0.1) is 0 Å². The van der Waals surface area contributed by atoms with E-state index in [1.165, 1.54) is 37.3 Å². The largest absolute Gasteiger partial charge is 0.493 e. The van der Waals surface area contributed by atoms with E-state index in [4.69, 9.17) is 4.74 Å². The highest BCUT2D eigenvalue weighted by Crippen LogP contribution is 2.35. The van der Waals surface area contributed by atoms with Crippen LogP contribution in [-0.2, 0) is 14.3 Å². The van der Waals surface area contributed by atoms with Crippen LogP contribution in [0.3, 0.4) is 0 Å². The number of methoxy groups -OCH3 is 2. The summed E-state index contributed by atoms with van der Waals surface area (Å²) in [6.45, 7) is -2.80. The normalized spacial score (nSPS) is 17.8. The molecule has 1 aromatic carbocycles. The summed E-state index contributed by atoms with van der Waals surface area (Å²) in [7, 11) is 2.56. The quantitative estimate of drug-likeness (QED) is 0.776. The number of alkyl halides is 2. The molecule has 22 heavy (non-hydrogen) atoms. The van der Waals surface area contributed by atoms with Crippen molar-refractivity contribution >= 4 is 17.6 Å². The van der Waals surface area contributed by atoms with Gasteiger partial charge < -0.3 is 19.1 Å². The van der Waals surface area contributed by atoms with Gasteiger partial charge in [0.05, 0.1) is 20.1 Å². The van der Waals surface area contributed by atoms with Crippen LogP contribution in [0.1, 0.15) is 6.42 Å². The summed E-state index contributed by atoms with van der Waals surface area (Å²) in [4.78, 5) is 24.9. The fourth-order valence-corrected chi connectivity index (χ4v) is 2.30. The van der Waals surface area contributed by atoms with Gasteiger partial charge in [-0.1, -0.05) is 0 Å². The second-order valence-electron chi connectivity index (χ2n) is 4.64. The Kier molecular flexibility index (Phi) is 4.79. The smallest absolute Gasteiger partial charge is 0.387 e. The number of amides is 1. The molecule has 0 aromatic heterocycles. The van der Waals surface area contributed by atoms with Crippen molar-refractivity contribution in [1.29, 1.82) is 0 Å². The lowest BCUT2D eigenvalue weighted by atomic mass is 10.1. The standard InChI is InChI=1S/C14H15F2NO5/c1-20-11-6-9(3-4-10(11)22-14(15)16)17-7-8(5-12(17)18)13(19)21-2/h3-4,6,8,14H,5,7H2,1-2H3. The molecule has 0 radical (unpaired) electrons. The van der Waals surface area contributed by atoms with Gasteiger partial charge in [0.25, 0.3) is 0 Å². The highest BCUT2D eigenvalue weighted by atomic mass is 19.3. The number of esters is 1. The van der Waals surface area contributed by atoms with E-state index in [9.17, 15) is 18.4 Å². The SMILES string of the molecule is COC(=O)C1CC(=O)N(c2ccc(OC(F)F)c(OC)c2)C1. The first-order valence-electron chi connectivity index (χ1n) is 6.47. The number of hydrogen-bond donors (Lipinski definition) is 0. The molecular formula is C14H15F2NO5. The molecule has 0 saturated carbocycles. The molecule has 6 nitrogen and oxygen atoms in total. The third-order valence-electron chi connectivity index (χ3n) is 3.33.